The maximum absolute atomic E-state index is 4.30. The van der Waals surface area contributed by atoms with E-state index in [2.05, 4.69) is 44.0 Å². The third-order valence-corrected chi connectivity index (χ3v) is 2.49. The summed E-state index contributed by atoms with van der Waals surface area (Å²) in [5.74, 6) is 0. The first-order valence-electron chi connectivity index (χ1n) is 4.71. The van der Waals surface area contributed by atoms with Crippen LogP contribution in [0.2, 0.25) is 0 Å². The molecule has 0 fully saturated rings. The number of hydrogen-bond donors (Lipinski definition) is 0. The Kier molecular flexibility index (Phi) is 1.76. The first-order valence-corrected chi connectivity index (χ1v) is 4.71. The van der Waals surface area contributed by atoms with E-state index in [-0.39, 0.29) is 5.41 Å². The minimum absolute atomic E-state index is 0.224. The van der Waals surface area contributed by atoms with E-state index < -0.39 is 0 Å². The first kappa shape index (κ1) is 8.49. The minimum Gasteiger partial charge on any atom is -0.288 e. The molecule has 1 aromatic carbocycles. The lowest BCUT2D eigenvalue weighted by Crippen LogP contribution is -2.14. The van der Waals surface area contributed by atoms with E-state index in [1.165, 1.54) is 16.7 Å². The second-order valence-electron chi connectivity index (χ2n) is 4.60. The highest BCUT2D eigenvalue weighted by Crippen LogP contribution is 2.29. The van der Waals surface area contributed by atoms with Gasteiger partial charge in [0, 0.05) is 11.8 Å². The highest BCUT2D eigenvalue weighted by Gasteiger charge is 2.20. The van der Waals surface area contributed by atoms with Gasteiger partial charge in [-0.15, -0.1) is 0 Å². The minimum atomic E-state index is 0.224. The van der Waals surface area contributed by atoms with Gasteiger partial charge in [-0.3, -0.25) is 4.99 Å². The number of fused-ring (bicyclic) bond motifs is 1. The molecular formula is C12H15N. The highest BCUT2D eigenvalue weighted by molar-refractivity contribution is 5.86. The van der Waals surface area contributed by atoms with Crippen LogP contribution in [0.3, 0.4) is 0 Å². The molecule has 1 aliphatic heterocycles. The van der Waals surface area contributed by atoms with Crippen molar-refractivity contribution in [2.24, 2.45) is 4.99 Å². The third-order valence-electron chi connectivity index (χ3n) is 2.49. The van der Waals surface area contributed by atoms with Crippen LogP contribution in [0.1, 0.15) is 37.5 Å². The summed E-state index contributed by atoms with van der Waals surface area (Å²) in [7, 11) is 0. The molecule has 0 atom stereocenters. The van der Waals surface area contributed by atoms with Crippen LogP contribution in [0.25, 0.3) is 0 Å². The average Bonchev–Trinajstić information content (AvgIpc) is 2.48. The zero-order valence-electron chi connectivity index (χ0n) is 8.46. The molecule has 0 radical (unpaired) electrons. The van der Waals surface area contributed by atoms with E-state index in [1.807, 2.05) is 6.21 Å². The van der Waals surface area contributed by atoms with E-state index >= 15 is 0 Å². The average molecular weight is 173 g/mol. The molecule has 0 spiro atoms. The van der Waals surface area contributed by atoms with Gasteiger partial charge in [0.15, 0.2) is 0 Å². The zero-order chi connectivity index (χ0) is 9.47. The Morgan fingerprint density at radius 2 is 2.00 bits per heavy atom. The predicted octanol–water partition coefficient (Wildman–Crippen LogP) is 2.92. The van der Waals surface area contributed by atoms with Crippen molar-refractivity contribution in [2.75, 3.05) is 0 Å². The lowest BCUT2D eigenvalue weighted by molar-refractivity contribution is 0.589. The standard InChI is InChI=1S/C12H15N/c1-12(2,3)11-6-4-5-9-7-13-8-10(9)11/h4-6,8H,7H2,1-3H3. The fraction of sp³-hybridized carbons (Fsp3) is 0.417. The maximum Gasteiger partial charge on any atom is 0.0646 e. The molecule has 0 aromatic heterocycles. The van der Waals surface area contributed by atoms with E-state index in [0.29, 0.717) is 0 Å². The molecule has 1 heteroatoms. The van der Waals surface area contributed by atoms with E-state index in [0.717, 1.165) is 6.54 Å². The van der Waals surface area contributed by atoms with Crippen LogP contribution in [0, 0.1) is 0 Å². The molecule has 1 nitrogen and oxygen atoms in total. The predicted molar refractivity (Wildman–Crippen MR) is 56.4 cm³/mol. The van der Waals surface area contributed by atoms with E-state index in [4.69, 9.17) is 0 Å². The third kappa shape index (κ3) is 1.39. The topological polar surface area (TPSA) is 12.4 Å². The van der Waals surface area contributed by atoms with Crippen molar-refractivity contribution in [3.63, 3.8) is 0 Å². The SMILES string of the molecule is CC(C)(C)c1cccc2c1C=NC2. The molecule has 68 valence electrons. The number of benzene rings is 1. The lowest BCUT2D eigenvalue weighted by atomic mass is 9.83. The largest absolute Gasteiger partial charge is 0.288 e. The van der Waals surface area contributed by atoms with Gasteiger partial charge in [0.05, 0.1) is 6.54 Å². The van der Waals surface area contributed by atoms with Crippen molar-refractivity contribution in [3.05, 3.63) is 34.9 Å². The molecule has 0 N–H and O–H groups in total. The molecule has 13 heavy (non-hydrogen) atoms. The van der Waals surface area contributed by atoms with Gasteiger partial charge >= 0.3 is 0 Å². The summed E-state index contributed by atoms with van der Waals surface area (Å²) in [5, 5.41) is 0. The Hall–Kier alpha value is -1.11. The zero-order valence-corrected chi connectivity index (χ0v) is 8.46. The van der Waals surface area contributed by atoms with Gasteiger partial charge < -0.3 is 0 Å². The highest BCUT2D eigenvalue weighted by atomic mass is 14.7. The molecule has 0 bridgehead atoms. The van der Waals surface area contributed by atoms with Crippen LogP contribution in [-0.2, 0) is 12.0 Å². The summed E-state index contributed by atoms with van der Waals surface area (Å²) < 4.78 is 0. The van der Waals surface area contributed by atoms with Crippen LogP contribution >= 0.6 is 0 Å². The fourth-order valence-corrected chi connectivity index (χ4v) is 1.79. The summed E-state index contributed by atoms with van der Waals surface area (Å²) in [4.78, 5) is 4.30. The molecule has 2 rings (SSSR count). The van der Waals surface area contributed by atoms with Crippen LogP contribution < -0.4 is 0 Å². The Labute approximate surface area is 79.5 Å². The second-order valence-corrected chi connectivity index (χ2v) is 4.60. The smallest absolute Gasteiger partial charge is 0.0646 e. The van der Waals surface area contributed by atoms with E-state index in [1.54, 1.807) is 0 Å². The van der Waals surface area contributed by atoms with Crippen LogP contribution in [0.5, 0.6) is 0 Å². The normalized spacial score (nSPS) is 14.7. The first-order chi connectivity index (χ1) is 6.09. The summed E-state index contributed by atoms with van der Waals surface area (Å²) >= 11 is 0. The summed E-state index contributed by atoms with van der Waals surface area (Å²) in [6, 6.07) is 6.50. The second kappa shape index (κ2) is 2.69. The molecule has 0 aliphatic carbocycles. The molecule has 0 unspecified atom stereocenters. The maximum atomic E-state index is 4.30. The lowest BCUT2D eigenvalue weighted by Gasteiger charge is -2.21. The molecule has 1 aromatic rings. The van der Waals surface area contributed by atoms with E-state index in [9.17, 15) is 0 Å². The van der Waals surface area contributed by atoms with Crippen molar-refractivity contribution in [3.8, 4) is 0 Å². The molecule has 0 saturated carbocycles. The van der Waals surface area contributed by atoms with Gasteiger partial charge in [-0.05, 0) is 16.5 Å². The van der Waals surface area contributed by atoms with Crippen molar-refractivity contribution < 1.29 is 0 Å². The Balaban J connectivity index is 2.59. The van der Waals surface area contributed by atoms with Gasteiger partial charge in [0.2, 0.25) is 0 Å². The molecule has 0 saturated heterocycles. The summed E-state index contributed by atoms with van der Waals surface area (Å²) in [5.41, 5.74) is 4.34. The number of aliphatic imine (C=N–C) groups is 1. The van der Waals surface area contributed by atoms with Crippen LogP contribution in [-0.4, -0.2) is 6.21 Å². The molecule has 0 amide bonds. The number of nitrogens with zero attached hydrogens (tertiary/aromatic N) is 1. The molecule has 1 heterocycles. The van der Waals surface area contributed by atoms with Crippen molar-refractivity contribution in [1.82, 2.24) is 0 Å². The summed E-state index contributed by atoms with van der Waals surface area (Å²) in [6.07, 6.45) is 2.01. The van der Waals surface area contributed by atoms with Gasteiger partial charge in [0.1, 0.15) is 0 Å². The quantitative estimate of drug-likeness (QED) is 0.572. The molecule has 1 aliphatic rings. The Morgan fingerprint density at radius 1 is 1.23 bits per heavy atom. The monoisotopic (exact) mass is 173 g/mol. The van der Waals surface area contributed by atoms with Crippen molar-refractivity contribution in [1.29, 1.82) is 0 Å². The summed E-state index contributed by atoms with van der Waals surface area (Å²) in [6.45, 7) is 7.59. The van der Waals surface area contributed by atoms with Gasteiger partial charge in [0.25, 0.3) is 0 Å². The number of rotatable bonds is 0. The Morgan fingerprint density at radius 3 is 2.69 bits per heavy atom. The van der Waals surface area contributed by atoms with Gasteiger partial charge in [-0.2, -0.15) is 0 Å². The van der Waals surface area contributed by atoms with Crippen LogP contribution in [0.15, 0.2) is 23.2 Å². The van der Waals surface area contributed by atoms with Crippen molar-refractivity contribution >= 4 is 6.21 Å². The van der Waals surface area contributed by atoms with Gasteiger partial charge in [-0.1, -0.05) is 39.0 Å². The van der Waals surface area contributed by atoms with Gasteiger partial charge in [-0.25, -0.2) is 0 Å². The fourth-order valence-electron chi connectivity index (χ4n) is 1.79. The van der Waals surface area contributed by atoms with Crippen molar-refractivity contribution in [2.45, 2.75) is 32.7 Å². The Bertz CT molecular complexity index is 356. The number of hydrogen-bond acceptors (Lipinski definition) is 1. The molecular weight excluding hydrogens is 158 g/mol. The van der Waals surface area contributed by atoms with Crippen LogP contribution in [0.4, 0.5) is 0 Å².